The fourth-order valence-electron chi connectivity index (χ4n) is 2.35. The molecule has 0 heterocycles. The monoisotopic (exact) mass is 284 g/mol. The molecule has 0 aliphatic heterocycles. The molecule has 2 atom stereocenters. The second-order valence-corrected chi connectivity index (χ2v) is 4.74. The van der Waals surface area contributed by atoms with Gasteiger partial charge in [0.15, 0.2) is 0 Å². The largest absolute Gasteiger partial charge is 0.381 e. The molecule has 1 aliphatic carbocycles. The van der Waals surface area contributed by atoms with Crippen LogP contribution in [-0.2, 0) is 11.3 Å². The molecule has 5 heteroatoms. The van der Waals surface area contributed by atoms with Crippen molar-refractivity contribution in [1.29, 1.82) is 0 Å². The Morgan fingerprint density at radius 1 is 1.37 bits per heavy atom. The van der Waals surface area contributed by atoms with E-state index in [9.17, 15) is 4.79 Å². The van der Waals surface area contributed by atoms with E-state index >= 15 is 0 Å². The molecule has 2 unspecified atom stereocenters. The van der Waals surface area contributed by atoms with E-state index in [0.29, 0.717) is 12.1 Å². The fourth-order valence-corrected chi connectivity index (χ4v) is 2.35. The second kappa shape index (κ2) is 7.48. The Morgan fingerprint density at radius 3 is 2.58 bits per heavy atom. The lowest BCUT2D eigenvalue weighted by Crippen LogP contribution is -2.33. The van der Waals surface area contributed by atoms with Gasteiger partial charge in [0.05, 0.1) is 6.10 Å². The van der Waals surface area contributed by atoms with Gasteiger partial charge in [0.25, 0.3) is 5.91 Å². The highest BCUT2D eigenvalue weighted by Gasteiger charge is 2.25. The van der Waals surface area contributed by atoms with Crippen molar-refractivity contribution in [2.75, 3.05) is 7.11 Å². The molecule has 2 rings (SSSR count). The summed E-state index contributed by atoms with van der Waals surface area (Å²) < 4.78 is 5.29. The van der Waals surface area contributed by atoms with E-state index in [1.54, 1.807) is 7.11 Å². The number of methoxy groups -OCH3 is 1. The third kappa shape index (κ3) is 4.20. The van der Waals surface area contributed by atoms with Crippen molar-refractivity contribution < 1.29 is 9.53 Å². The Labute approximate surface area is 120 Å². The van der Waals surface area contributed by atoms with Crippen LogP contribution in [0.4, 0.5) is 0 Å². The van der Waals surface area contributed by atoms with Crippen molar-refractivity contribution in [2.24, 2.45) is 5.73 Å². The maximum Gasteiger partial charge on any atom is 0.251 e. The normalized spacial score (nSPS) is 21.8. The van der Waals surface area contributed by atoms with Gasteiger partial charge in [-0.2, -0.15) is 0 Å². The summed E-state index contributed by atoms with van der Waals surface area (Å²) >= 11 is 0. The fraction of sp³-hybridized carbons (Fsp3) is 0.500. The predicted octanol–water partition coefficient (Wildman–Crippen LogP) is 1.86. The van der Waals surface area contributed by atoms with Crippen LogP contribution in [0, 0.1) is 0 Å². The Kier molecular flexibility index (Phi) is 6.28. The highest BCUT2D eigenvalue weighted by molar-refractivity contribution is 5.94. The first-order valence-corrected chi connectivity index (χ1v) is 6.35. The van der Waals surface area contributed by atoms with Gasteiger partial charge in [0.1, 0.15) is 0 Å². The lowest BCUT2D eigenvalue weighted by Gasteiger charge is -2.13. The molecule has 4 nitrogen and oxygen atoms in total. The molecule has 0 aromatic heterocycles. The van der Waals surface area contributed by atoms with Crippen LogP contribution in [0.3, 0.4) is 0 Å². The Balaban J connectivity index is 0.00000180. The first-order valence-electron chi connectivity index (χ1n) is 6.35. The summed E-state index contributed by atoms with van der Waals surface area (Å²) in [5, 5.41) is 3.05. The topological polar surface area (TPSA) is 64.3 Å². The van der Waals surface area contributed by atoms with Crippen LogP contribution in [0.25, 0.3) is 0 Å². The zero-order valence-electron chi connectivity index (χ0n) is 11.1. The van der Waals surface area contributed by atoms with E-state index in [2.05, 4.69) is 5.32 Å². The molecule has 1 amide bonds. The number of hydrogen-bond acceptors (Lipinski definition) is 3. The quantitative estimate of drug-likeness (QED) is 0.887. The van der Waals surface area contributed by atoms with Gasteiger partial charge in [-0.1, -0.05) is 12.1 Å². The number of benzene rings is 1. The summed E-state index contributed by atoms with van der Waals surface area (Å²) in [6.45, 7) is 0.500. The van der Waals surface area contributed by atoms with Gasteiger partial charge in [-0.15, -0.1) is 12.4 Å². The number of nitrogens with two attached hydrogens (primary N) is 1. The van der Waals surface area contributed by atoms with Crippen LogP contribution in [0.2, 0.25) is 0 Å². The van der Waals surface area contributed by atoms with E-state index in [4.69, 9.17) is 10.5 Å². The summed E-state index contributed by atoms with van der Waals surface area (Å²) in [4.78, 5) is 12.0. The maximum absolute atomic E-state index is 12.0. The van der Waals surface area contributed by atoms with E-state index in [-0.39, 0.29) is 30.5 Å². The van der Waals surface area contributed by atoms with Crippen LogP contribution in [-0.4, -0.2) is 25.2 Å². The van der Waals surface area contributed by atoms with Crippen molar-refractivity contribution in [3.05, 3.63) is 35.4 Å². The predicted molar refractivity (Wildman–Crippen MR) is 77.5 cm³/mol. The molecule has 19 heavy (non-hydrogen) atoms. The first kappa shape index (κ1) is 16.0. The molecule has 1 aromatic rings. The van der Waals surface area contributed by atoms with Crippen molar-refractivity contribution >= 4 is 18.3 Å². The molecule has 0 spiro atoms. The van der Waals surface area contributed by atoms with Crippen LogP contribution < -0.4 is 11.1 Å². The molecule has 1 fully saturated rings. The zero-order valence-corrected chi connectivity index (χ0v) is 11.9. The number of rotatable bonds is 4. The Bertz CT molecular complexity index is 408. The van der Waals surface area contributed by atoms with Gasteiger partial charge in [0, 0.05) is 25.3 Å². The third-order valence-electron chi connectivity index (χ3n) is 3.50. The van der Waals surface area contributed by atoms with Gasteiger partial charge in [-0.3, -0.25) is 4.79 Å². The highest BCUT2D eigenvalue weighted by Crippen LogP contribution is 2.21. The van der Waals surface area contributed by atoms with Crippen LogP contribution in [0.5, 0.6) is 0 Å². The molecular formula is C14H21ClN2O2. The standard InChI is InChI=1S/C14H20N2O2.ClH/c1-18-13-7-6-12(8-13)16-14(17)11-4-2-10(9-15)3-5-11;/h2-5,12-13H,6-9,15H2,1H3,(H,16,17);1H. The third-order valence-corrected chi connectivity index (χ3v) is 3.50. The lowest BCUT2D eigenvalue weighted by molar-refractivity contribution is 0.0915. The van der Waals surface area contributed by atoms with Crippen molar-refractivity contribution in [2.45, 2.75) is 38.0 Å². The van der Waals surface area contributed by atoms with Crippen LogP contribution in [0.1, 0.15) is 35.2 Å². The van der Waals surface area contributed by atoms with Gasteiger partial charge >= 0.3 is 0 Å². The Hall–Kier alpha value is -1.10. The molecule has 0 radical (unpaired) electrons. The van der Waals surface area contributed by atoms with Crippen LogP contribution >= 0.6 is 12.4 Å². The first-order chi connectivity index (χ1) is 8.72. The SMILES string of the molecule is COC1CCC(NC(=O)c2ccc(CN)cc2)C1.Cl. The summed E-state index contributed by atoms with van der Waals surface area (Å²) in [5.41, 5.74) is 7.25. The molecule has 3 N–H and O–H groups in total. The average molecular weight is 285 g/mol. The van der Waals surface area contributed by atoms with Crippen molar-refractivity contribution in [1.82, 2.24) is 5.32 Å². The van der Waals surface area contributed by atoms with E-state index in [1.165, 1.54) is 0 Å². The number of hydrogen-bond donors (Lipinski definition) is 2. The van der Waals surface area contributed by atoms with Gasteiger partial charge in [-0.25, -0.2) is 0 Å². The van der Waals surface area contributed by atoms with Crippen molar-refractivity contribution in [3.63, 3.8) is 0 Å². The molecule has 0 saturated heterocycles. The van der Waals surface area contributed by atoms with E-state index in [0.717, 1.165) is 24.8 Å². The molecule has 106 valence electrons. The smallest absolute Gasteiger partial charge is 0.251 e. The number of amides is 1. The van der Waals surface area contributed by atoms with Gasteiger partial charge in [0.2, 0.25) is 0 Å². The van der Waals surface area contributed by atoms with E-state index < -0.39 is 0 Å². The van der Waals surface area contributed by atoms with Gasteiger partial charge < -0.3 is 15.8 Å². The molecule has 1 aromatic carbocycles. The zero-order chi connectivity index (χ0) is 13.0. The summed E-state index contributed by atoms with van der Waals surface area (Å²) in [7, 11) is 1.72. The van der Waals surface area contributed by atoms with E-state index in [1.807, 2.05) is 24.3 Å². The molecule has 1 saturated carbocycles. The van der Waals surface area contributed by atoms with Crippen LogP contribution in [0.15, 0.2) is 24.3 Å². The second-order valence-electron chi connectivity index (χ2n) is 4.74. The minimum absolute atomic E-state index is 0. The van der Waals surface area contributed by atoms with Crippen molar-refractivity contribution in [3.8, 4) is 0 Å². The van der Waals surface area contributed by atoms with Gasteiger partial charge in [-0.05, 0) is 37.0 Å². The molecule has 1 aliphatic rings. The number of carbonyl (C=O) groups is 1. The summed E-state index contributed by atoms with van der Waals surface area (Å²) in [6, 6.07) is 7.65. The number of carbonyl (C=O) groups excluding carboxylic acids is 1. The number of nitrogens with one attached hydrogen (secondary N) is 1. The minimum atomic E-state index is -0.0136. The Morgan fingerprint density at radius 2 is 2.05 bits per heavy atom. The maximum atomic E-state index is 12.0. The molecule has 0 bridgehead atoms. The lowest BCUT2D eigenvalue weighted by atomic mass is 10.1. The number of halogens is 1. The summed E-state index contributed by atoms with van der Waals surface area (Å²) in [5.74, 6) is -0.0136. The highest BCUT2D eigenvalue weighted by atomic mass is 35.5. The minimum Gasteiger partial charge on any atom is -0.381 e. The average Bonchev–Trinajstić information content (AvgIpc) is 2.86. The molecular weight excluding hydrogens is 264 g/mol. The summed E-state index contributed by atoms with van der Waals surface area (Å²) in [6.07, 6.45) is 3.21. The number of ether oxygens (including phenoxy) is 1.